The predicted octanol–water partition coefficient (Wildman–Crippen LogP) is 1.64. The van der Waals surface area contributed by atoms with E-state index >= 15 is 0 Å². The molecule has 0 radical (unpaired) electrons. The smallest absolute Gasteiger partial charge is 0.333 e. The quantitative estimate of drug-likeness (QED) is 0.850. The van der Waals surface area contributed by atoms with Gasteiger partial charge in [-0.05, 0) is 31.2 Å². The summed E-state index contributed by atoms with van der Waals surface area (Å²) in [4.78, 5) is 11.1. The van der Waals surface area contributed by atoms with Crippen LogP contribution in [0, 0.1) is 12.8 Å². The van der Waals surface area contributed by atoms with E-state index in [2.05, 4.69) is 0 Å². The lowest BCUT2D eigenvalue weighted by molar-refractivity contribution is -0.152. The number of aryl methyl sites for hydroxylation is 1. The van der Waals surface area contributed by atoms with Crippen LogP contribution in [0.3, 0.4) is 0 Å². The van der Waals surface area contributed by atoms with Crippen molar-refractivity contribution in [1.29, 1.82) is 0 Å². The Kier molecular flexibility index (Phi) is 5.78. The molecular weight excluding hydrogens is 318 g/mol. The topological polar surface area (TPSA) is 83.9 Å². The molecule has 128 valence electrons. The molecule has 6 nitrogen and oxygen atoms in total. The molecule has 0 saturated carbocycles. The first-order valence-corrected chi connectivity index (χ1v) is 9.23. The van der Waals surface area contributed by atoms with Gasteiger partial charge in [0, 0.05) is 20.2 Å². The minimum absolute atomic E-state index is 0.0232. The maximum absolute atomic E-state index is 12.5. The number of carboxylic acid groups (broad SMARTS) is 1. The molecular formula is C16H23NO5S. The highest BCUT2D eigenvalue weighted by Gasteiger charge is 2.34. The lowest BCUT2D eigenvalue weighted by atomic mass is 9.92. The van der Waals surface area contributed by atoms with Crippen molar-refractivity contribution in [2.45, 2.75) is 31.6 Å². The highest BCUT2D eigenvalue weighted by atomic mass is 32.2. The van der Waals surface area contributed by atoms with Gasteiger partial charge in [-0.25, -0.2) is 17.5 Å². The first-order chi connectivity index (χ1) is 10.8. The first-order valence-electron chi connectivity index (χ1n) is 7.62. The summed E-state index contributed by atoms with van der Waals surface area (Å²) in [5, 5.41) is 9.11. The van der Waals surface area contributed by atoms with E-state index in [4.69, 9.17) is 9.84 Å². The minimum atomic E-state index is -3.38. The number of piperidine rings is 1. The summed E-state index contributed by atoms with van der Waals surface area (Å²) in [6, 6.07) is 7.44. The van der Waals surface area contributed by atoms with Gasteiger partial charge in [0.15, 0.2) is 6.10 Å². The normalized spacial score (nSPS) is 18.7. The maximum Gasteiger partial charge on any atom is 0.333 e. The molecule has 0 aliphatic carbocycles. The van der Waals surface area contributed by atoms with Crippen molar-refractivity contribution in [2.24, 2.45) is 5.92 Å². The lowest BCUT2D eigenvalue weighted by Gasteiger charge is -2.33. The third-order valence-corrected chi connectivity index (χ3v) is 6.14. The van der Waals surface area contributed by atoms with Gasteiger partial charge in [0.1, 0.15) is 0 Å². The van der Waals surface area contributed by atoms with Crippen LogP contribution in [0.2, 0.25) is 0 Å². The Morgan fingerprint density at radius 2 is 1.87 bits per heavy atom. The molecule has 1 N–H and O–H groups in total. The van der Waals surface area contributed by atoms with Gasteiger partial charge in [0.05, 0.1) is 5.75 Å². The van der Waals surface area contributed by atoms with Crippen LogP contribution in [-0.2, 0) is 25.3 Å². The molecule has 1 unspecified atom stereocenters. The fraction of sp³-hybridized carbons (Fsp3) is 0.562. The molecule has 0 amide bonds. The van der Waals surface area contributed by atoms with E-state index in [0.29, 0.717) is 25.9 Å². The zero-order chi connectivity index (χ0) is 17.0. The molecule has 0 bridgehead atoms. The standard InChI is InChI=1S/C16H23NO5S/c1-12-3-5-13(6-4-12)11-23(20,21)17-9-7-14(8-10-17)15(22-2)16(18)19/h3-6,14-15H,7-11H2,1-2H3,(H,18,19). The van der Waals surface area contributed by atoms with E-state index in [0.717, 1.165) is 11.1 Å². The van der Waals surface area contributed by atoms with Crippen molar-refractivity contribution in [3.63, 3.8) is 0 Å². The van der Waals surface area contributed by atoms with E-state index in [1.54, 1.807) is 0 Å². The second kappa shape index (κ2) is 7.42. The van der Waals surface area contributed by atoms with Crippen molar-refractivity contribution >= 4 is 16.0 Å². The fourth-order valence-electron chi connectivity index (χ4n) is 2.94. The molecule has 0 aromatic heterocycles. The molecule has 1 saturated heterocycles. The summed E-state index contributed by atoms with van der Waals surface area (Å²) in [5.41, 5.74) is 1.85. The SMILES string of the molecule is COC(C(=O)O)C1CCN(S(=O)(=O)Cc2ccc(C)cc2)CC1. The van der Waals surface area contributed by atoms with Crippen LogP contribution in [0.5, 0.6) is 0 Å². The van der Waals surface area contributed by atoms with Gasteiger partial charge in [0.25, 0.3) is 0 Å². The summed E-state index contributed by atoms with van der Waals surface area (Å²) in [6.45, 7) is 2.63. The molecule has 1 aliphatic heterocycles. The third-order valence-electron chi connectivity index (χ3n) is 4.29. The second-order valence-corrected chi connectivity index (χ2v) is 7.94. The number of sulfonamides is 1. The van der Waals surface area contributed by atoms with E-state index in [1.807, 2.05) is 31.2 Å². The summed E-state index contributed by atoms with van der Waals surface area (Å²) in [5.74, 6) is -1.17. The Morgan fingerprint density at radius 3 is 2.35 bits per heavy atom. The number of carbonyl (C=O) groups is 1. The molecule has 1 aliphatic rings. The molecule has 1 fully saturated rings. The van der Waals surface area contributed by atoms with Crippen molar-refractivity contribution < 1.29 is 23.1 Å². The van der Waals surface area contributed by atoms with Crippen LogP contribution in [0.4, 0.5) is 0 Å². The van der Waals surface area contributed by atoms with E-state index in [-0.39, 0.29) is 11.7 Å². The fourth-order valence-corrected chi connectivity index (χ4v) is 4.50. The number of ether oxygens (including phenoxy) is 1. The van der Waals surface area contributed by atoms with Crippen LogP contribution in [0.15, 0.2) is 24.3 Å². The van der Waals surface area contributed by atoms with Gasteiger partial charge in [-0.1, -0.05) is 29.8 Å². The minimum Gasteiger partial charge on any atom is -0.479 e. The van der Waals surface area contributed by atoms with Crippen molar-refractivity contribution in [2.75, 3.05) is 20.2 Å². The number of hydrogen-bond acceptors (Lipinski definition) is 4. The zero-order valence-corrected chi connectivity index (χ0v) is 14.3. The van der Waals surface area contributed by atoms with Crippen LogP contribution in [0.25, 0.3) is 0 Å². The molecule has 1 heterocycles. The number of carboxylic acids is 1. The van der Waals surface area contributed by atoms with Crippen molar-refractivity contribution in [3.8, 4) is 0 Å². The Bertz CT molecular complexity index is 633. The molecule has 1 atom stereocenters. The van der Waals surface area contributed by atoms with Gasteiger partial charge >= 0.3 is 5.97 Å². The molecule has 7 heteroatoms. The number of rotatable bonds is 6. The largest absolute Gasteiger partial charge is 0.479 e. The monoisotopic (exact) mass is 341 g/mol. The van der Waals surface area contributed by atoms with Crippen molar-refractivity contribution in [1.82, 2.24) is 4.31 Å². The van der Waals surface area contributed by atoms with E-state index in [9.17, 15) is 13.2 Å². The van der Waals surface area contributed by atoms with Crippen LogP contribution < -0.4 is 0 Å². The Labute approximate surface area is 137 Å². The highest BCUT2D eigenvalue weighted by Crippen LogP contribution is 2.25. The molecule has 1 aromatic carbocycles. The van der Waals surface area contributed by atoms with Crippen LogP contribution in [-0.4, -0.2) is 50.1 Å². The number of benzene rings is 1. The predicted molar refractivity (Wildman–Crippen MR) is 86.5 cm³/mol. The molecule has 0 spiro atoms. The average Bonchev–Trinajstić information content (AvgIpc) is 2.50. The number of nitrogens with zero attached hydrogens (tertiary/aromatic N) is 1. The van der Waals surface area contributed by atoms with Gasteiger partial charge in [-0.15, -0.1) is 0 Å². The lowest BCUT2D eigenvalue weighted by Crippen LogP contribution is -2.44. The third kappa shape index (κ3) is 4.53. The Balaban J connectivity index is 1.98. The van der Waals surface area contributed by atoms with Gasteiger partial charge in [0.2, 0.25) is 10.0 Å². The van der Waals surface area contributed by atoms with Crippen LogP contribution >= 0.6 is 0 Å². The first kappa shape index (κ1) is 17.9. The highest BCUT2D eigenvalue weighted by molar-refractivity contribution is 7.88. The second-order valence-electron chi connectivity index (χ2n) is 5.97. The Hall–Kier alpha value is -1.44. The molecule has 23 heavy (non-hydrogen) atoms. The summed E-state index contributed by atoms with van der Waals surface area (Å²) >= 11 is 0. The number of methoxy groups -OCH3 is 1. The van der Waals surface area contributed by atoms with E-state index < -0.39 is 22.1 Å². The maximum atomic E-state index is 12.5. The summed E-state index contributed by atoms with van der Waals surface area (Å²) in [6.07, 6.45) is 0.132. The zero-order valence-electron chi connectivity index (χ0n) is 13.4. The van der Waals surface area contributed by atoms with Crippen LogP contribution in [0.1, 0.15) is 24.0 Å². The number of hydrogen-bond donors (Lipinski definition) is 1. The van der Waals surface area contributed by atoms with Gasteiger partial charge < -0.3 is 9.84 Å². The summed E-state index contributed by atoms with van der Waals surface area (Å²) in [7, 11) is -2.01. The average molecular weight is 341 g/mol. The van der Waals surface area contributed by atoms with Gasteiger partial charge in [-0.2, -0.15) is 0 Å². The van der Waals surface area contributed by atoms with Crippen molar-refractivity contribution in [3.05, 3.63) is 35.4 Å². The Morgan fingerprint density at radius 1 is 1.30 bits per heavy atom. The molecule has 2 rings (SSSR count). The number of aliphatic carboxylic acids is 1. The summed E-state index contributed by atoms with van der Waals surface area (Å²) < 4.78 is 31.5. The van der Waals surface area contributed by atoms with E-state index in [1.165, 1.54) is 11.4 Å². The van der Waals surface area contributed by atoms with Gasteiger partial charge in [-0.3, -0.25) is 0 Å². The molecule has 1 aromatic rings.